The van der Waals surface area contributed by atoms with Gasteiger partial charge in [-0.05, 0) is 30.5 Å². The largest absolute Gasteiger partial charge is 0.378 e. The van der Waals surface area contributed by atoms with Gasteiger partial charge in [0, 0.05) is 25.8 Å². The predicted octanol–water partition coefficient (Wildman–Crippen LogP) is 2.70. The first kappa shape index (κ1) is 21.0. The molecule has 7 nitrogen and oxygen atoms in total. The third kappa shape index (κ3) is 3.89. The first-order valence-electron chi connectivity index (χ1n) is 9.97. The summed E-state index contributed by atoms with van der Waals surface area (Å²) >= 11 is 6.66. The number of hydrogen-bond acceptors (Lipinski definition) is 7. The van der Waals surface area contributed by atoms with Crippen molar-refractivity contribution in [3.8, 4) is 0 Å². The number of thiocarbonyl (C=S) groups is 1. The van der Waals surface area contributed by atoms with Gasteiger partial charge in [-0.2, -0.15) is 0 Å². The number of aromatic nitrogens is 2. The lowest BCUT2D eigenvalue weighted by Crippen LogP contribution is -2.38. The summed E-state index contributed by atoms with van der Waals surface area (Å²) in [6.07, 6.45) is 3.37. The van der Waals surface area contributed by atoms with Gasteiger partial charge in [0.25, 0.3) is 11.5 Å². The number of pyridine rings is 1. The average Bonchev–Trinajstić information content (AvgIpc) is 2.98. The molecule has 2 aliphatic rings. The topological polar surface area (TPSA) is 67.2 Å². The molecule has 2 aromatic rings. The Hall–Kier alpha value is -2.23. The molecule has 0 saturated carbocycles. The molecule has 0 radical (unpaired) electrons. The normalized spacial score (nSPS) is 19.0. The van der Waals surface area contributed by atoms with E-state index in [1.54, 1.807) is 21.6 Å². The van der Waals surface area contributed by atoms with E-state index in [2.05, 4.69) is 4.90 Å². The molecule has 0 aromatic carbocycles. The van der Waals surface area contributed by atoms with Gasteiger partial charge in [0.05, 0.1) is 23.7 Å². The Bertz CT molecular complexity index is 1100. The predicted molar refractivity (Wildman–Crippen MR) is 124 cm³/mol. The van der Waals surface area contributed by atoms with Crippen LogP contribution in [0.1, 0.15) is 25.0 Å². The summed E-state index contributed by atoms with van der Waals surface area (Å²) in [5.41, 5.74) is 1.75. The fraction of sp³-hybridized carbons (Fsp3) is 0.429. The summed E-state index contributed by atoms with van der Waals surface area (Å²) in [5, 5.41) is 0. The Balaban J connectivity index is 1.86. The summed E-state index contributed by atoms with van der Waals surface area (Å²) in [5.74, 6) is 0.735. The molecule has 30 heavy (non-hydrogen) atoms. The van der Waals surface area contributed by atoms with Crippen LogP contribution in [0, 0.1) is 12.8 Å². The monoisotopic (exact) mass is 444 g/mol. The van der Waals surface area contributed by atoms with Gasteiger partial charge in [-0.25, -0.2) is 4.98 Å². The Kier molecular flexibility index (Phi) is 5.95. The minimum absolute atomic E-state index is 0.152. The molecule has 0 atom stereocenters. The molecular formula is C21H24N4O3S2. The molecular weight excluding hydrogens is 420 g/mol. The van der Waals surface area contributed by atoms with Crippen molar-refractivity contribution in [2.75, 3.05) is 37.7 Å². The lowest BCUT2D eigenvalue weighted by molar-refractivity contribution is -0.122. The summed E-state index contributed by atoms with van der Waals surface area (Å²) in [4.78, 5) is 35.4. The second-order valence-electron chi connectivity index (χ2n) is 7.82. The van der Waals surface area contributed by atoms with Crippen molar-refractivity contribution in [1.29, 1.82) is 0 Å². The second kappa shape index (κ2) is 8.49. The van der Waals surface area contributed by atoms with E-state index >= 15 is 0 Å². The van der Waals surface area contributed by atoms with Crippen molar-refractivity contribution in [2.24, 2.45) is 5.92 Å². The van der Waals surface area contributed by atoms with Crippen LogP contribution in [-0.2, 0) is 9.53 Å². The third-order valence-electron chi connectivity index (χ3n) is 5.07. The van der Waals surface area contributed by atoms with E-state index in [0.717, 1.165) is 5.56 Å². The number of thioether (sulfide) groups is 1. The molecule has 0 unspecified atom stereocenters. The van der Waals surface area contributed by atoms with Crippen LogP contribution >= 0.6 is 24.0 Å². The van der Waals surface area contributed by atoms with E-state index in [4.69, 9.17) is 21.9 Å². The molecule has 4 rings (SSSR count). The van der Waals surface area contributed by atoms with Gasteiger partial charge >= 0.3 is 0 Å². The van der Waals surface area contributed by atoms with Crippen LogP contribution in [0.25, 0.3) is 11.7 Å². The van der Waals surface area contributed by atoms with E-state index in [1.807, 2.05) is 32.9 Å². The molecule has 1 amide bonds. The first-order chi connectivity index (χ1) is 14.4. The van der Waals surface area contributed by atoms with Gasteiger partial charge in [-0.1, -0.05) is 43.9 Å². The van der Waals surface area contributed by atoms with Crippen molar-refractivity contribution >= 4 is 51.7 Å². The molecule has 2 saturated heterocycles. The lowest BCUT2D eigenvalue weighted by atomic mass is 10.2. The van der Waals surface area contributed by atoms with Crippen molar-refractivity contribution in [1.82, 2.24) is 14.3 Å². The number of nitrogens with zero attached hydrogens (tertiary/aromatic N) is 4. The molecule has 0 aliphatic carbocycles. The number of anilines is 1. The van der Waals surface area contributed by atoms with Gasteiger partial charge in [-0.3, -0.25) is 18.9 Å². The number of amides is 1. The fourth-order valence-corrected chi connectivity index (χ4v) is 4.85. The smallest absolute Gasteiger partial charge is 0.267 e. The molecule has 0 N–H and O–H groups in total. The first-order valence-corrected chi connectivity index (χ1v) is 11.2. The fourth-order valence-electron chi connectivity index (χ4n) is 3.60. The highest BCUT2D eigenvalue weighted by molar-refractivity contribution is 8.26. The summed E-state index contributed by atoms with van der Waals surface area (Å²) in [7, 11) is 0. The van der Waals surface area contributed by atoms with Gasteiger partial charge in [0.15, 0.2) is 0 Å². The third-order valence-corrected chi connectivity index (χ3v) is 6.45. The maximum absolute atomic E-state index is 13.4. The van der Waals surface area contributed by atoms with Crippen LogP contribution in [0.3, 0.4) is 0 Å². The van der Waals surface area contributed by atoms with Crippen LogP contribution in [0.5, 0.6) is 0 Å². The van der Waals surface area contributed by atoms with E-state index < -0.39 is 0 Å². The highest BCUT2D eigenvalue weighted by Gasteiger charge is 2.33. The van der Waals surface area contributed by atoms with Gasteiger partial charge in [0.2, 0.25) is 0 Å². The number of morpholine rings is 1. The number of ether oxygens (including phenoxy) is 1. The van der Waals surface area contributed by atoms with Crippen LogP contribution < -0.4 is 10.5 Å². The summed E-state index contributed by atoms with van der Waals surface area (Å²) in [6, 6.07) is 3.76. The second-order valence-corrected chi connectivity index (χ2v) is 9.50. The molecule has 2 aliphatic heterocycles. The molecule has 4 heterocycles. The zero-order valence-corrected chi connectivity index (χ0v) is 18.9. The highest BCUT2D eigenvalue weighted by atomic mass is 32.2. The van der Waals surface area contributed by atoms with E-state index in [9.17, 15) is 9.59 Å². The van der Waals surface area contributed by atoms with Crippen LogP contribution in [0.4, 0.5) is 5.82 Å². The Morgan fingerprint density at radius 3 is 2.73 bits per heavy atom. The van der Waals surface area contributed by atoms with Crippen LogP contribution in [-0.4, -0.2) is 57.4 Å². The molecule has 158 valence electrons. The van der Waals surface area contributed by atoms with Crippen molar-refractivity contribution < 1.29 is 9.53 Å². The maximum Gasteiger partial charge on any atom is 0.267 e. The van der Waals surface area contributed by atoms with Crippen LogP contribution in [0.15, 0.2) is 28.0 Å². The highest BCUT2D eigenvalue weighted by Crippen LogP contribution is 2.34. The Morgan fingerprint density at radius 2 is 2.03 bits per heavy atom. The number of carbonyl (C=O) groups is 1. The summed E-state index contributed by atoms with van der Waals surface area (Å²) < 4.78 is 7.54. The van der Waals surface area contributed by atoms with Crippen LogP contribution in [0.2, 0.25) is 0 Å². The molecule has 0 spiro atoms. The molecule has 2 fully saturated rings. The van der Waals surface area contributed by atoms with E-state index in [0.29, 0.717) is 65.0 Å². The van der Waals surface area contributed by atoms with Crippen molar-refractivity contribution in [2.45, 2.75) is 20.8 Å². The quantitative estimate of drug-likeness (QED) is 0.531. The number of fused-ring (bicyclic) bond motifs is 1. The SMILES string of the molecule is Cc1cccn2c(=O)c(C=C3SC(=S)N(CC(C)C)C3=O)c(N3CCOCC3)nc12. The zero-order valence-electron chi connectivity index (χ0n) is 17.3. The number of aryl methyl sites for hydroxylation is 1. The van der Waals surface area contributed by atoms with E-state index in [-0.39, 0.29) is 11.5 Å². The van der Waals surface area contributed by atoms with Gasteiger partial charge in [0.1, 0.15) is 15.8 Å². The Morgan fingerprint density at radius 1 is 1.30 bits per heavy atom. The minimum atomic E-state index is -0.195. The Labute approximate surface area is 184 Å². The number of hydrogen-bond donors (Lipinski definition) is 0. The van der Waals surface area contributed by atoms with Gasteiger partial charge < -0.3 is 9.64 Å². The van der Waals surface area contributed by atoms with E-state index in [1.165, 1.54) is 11.8 Å². The average molecular weight is 445 g/mol. The molecule has 0 bridgehead atoms. The molecule has 2 aromatic heterocycles. The standard InChI is InChI=1S/C21H24N4O3S2/c1-13(2)12-25-20(27)16(30-21(25)29)11-15-18(23-7-9-28-10-8-23)22-17-14(3)5-4-6-24(17)19(15)26/h4-6,11,13H,7-10,12H2,1-3H3. The number of carbonyl (C=O) groups excluding carboxylic acids is 1. The minimum Gasteiger partial charge on any atom is -0.378 e. The molecule has 9 heteroatoms. The van der Waals surface area contributed by atoms with Crippen molar-refractivity contribution in [3.63, 3.8) is 0 Å². The van der Waals surface area contributed by atoms with Crippen molar-refractivity contribution in [3.05, 3.63) is 44.7 Å². The lowest BCUT2D eigenvalue weighted by Gasteiger charge is -2.29. The van der Waals surface area contributed by atoms with Gasteiger partial charge in [-0.15, -0.1) is 0 Å². The number of rotatable bonds is 4. The zero-order chi connectivity index (χ0) is 21.4. The summed E-state index contributed by atoms with van der Waals surface area (Å²) in [6.45, 7) is 9.01. The maximum atomic E-state index is 13.4.